The van der Waals surface area contributed by atoms with Crippen molar-refractivity contribution in [2.45, 2.75) is 30.2 Å². The highest BCUT2D eigenvalue weighted by Crippen LogP contribution is 2.58. The van der Waals surface area contributed by atoms with E-state index in [-0.39, 0.29) is 5.56 Å². The van der Waals surface area contributed by atoms with E-state index >= 15 is 4.39 Å². The summed E-state index contributed by atoms with van der Waals surface area (Å²) in [5.74, 6) is -4.53. The smallest absolute Gasteiger partial charge is 0.420 e. The maximum atomic E-state index is 15.2. The number of halogens is 5. The molecule has 3 unspecified atom stereocenters. The third-order valence-corrected chi connectivity index (χ3v) is 5.74. The number of hydrogen-bond donors (Lipinski definition) is 2. The molecule has 1 fully saturated rings. The van der Waals surface area contributed by atoms with Crippen LogP contribution in [0.4, 0.5) is 33.3 Å². The first-order valence-corrected chi connectivity index (χ1v) is 9.12. The summed E-state index contributed by atoms with van der Waals surface area (Å²) in [6, 6.07) is 6.88. The Kier molecular flexibility index (Phi) is 4.50. The van der Waals surface area contributed by atoms with E-state index in [1.165, 1.54) is 13.0 Å². The van der Waals surface area contributed by atoms with Crippen molar-refractivity contribution in [3.8, 4) is 5.75 Å². The van der Waals surface area contributed by atoms with E-state index < -0.39 is 47.2 Å². The van der Waals surface area contributed by atoms with Gasteiger partial charge in [0.15, 0.2) is 23.0 Å². The summed E-state index contributed by atoms with van der Waals surface area (Å²) in [4.78, 5) is 0. The molecule has 2 aliphatic rings. The molecule has 160 valence electrons. The summed E-state index contributed by atoms with van der Waals surface area (Å²) in [6.45, 7) is 0.861. The molecule has 2 heterocycles. The first-order chi connectivity index (χ1) is 14.0. The summed E-state index contributed by atoms with van der Waals surface area (Å²) in [5, 5.41) is 3.06. The van der Waals surface area contributed by atoms with Gasteiger partial charge in [-0.05, 0) is 25.1 Å². The molecule has 2 aromatic rings. The molecule has 0 saturated carbocycles. The van der Waals surface area contributed by atoms with Gasteiger partial charge in [-0.25, -0.2) is 8.78 Å². The van der Waals surface area contributed by atoms with Gasteiger partial charge in [-0.2, -0.15) is 13.2 Å². The quantitative estimate of drug-likeness (QED) is 0.416. The zero-order valence-electron chi connectivity index (χ0n) is 16.1. The van der Waals surface area contributed by atoms with Crippen LogP contribution in [-0.4, -0.2) is 31.0 Å². The van der Waals surface area contributed by atoms with Crippen molar-refractivity contribution in [1.82, 2.24) is 0 Å². The Labute approximate surface area is 169 Å². The van der Waals surface area contributed by atoms with E-state index in [1.807, 2.05) is 0 Å². The number of alkyl halides is 3. The zero-order valence-corrected chi connectivity index (χ0v) is 16.1. The molecule has 2 aromatic carbocycles. The molecule has 9 heteroatoms. The first-order valence-electron chi connectivity index (χ1n) is 9.12. The molecule has 3 N–H and O–H groups in total. The highest BCUT2D eigenvalue weighted by atomic mass is 19.4. The Morgan fingerprint density at radius 2 is 1.90 bits per heavy atom. The van der Waals surface area contributed by atoms with Gasteiger partial charge in [0.1, 0.15) is 0 Å². The van der Waals surface area contributed by atoms with Gasteiger partial charge in [0.2, 0.25) is 0 Å². The van der Waals surface area contributed by atoms with E-state index in [2.05, 4.69) is 5.32 Å². The van der Waals surface area contributed by atoms with E-state index in [1.54, 1.807) is 24.3 Å². The second-order valence-corrected chi connectivity index (χ2v) is 7.64. The third kappa shape index (κ3) is 2.91. The van der Waals surface area contributed by atoms with Crippen LogP contribution in [-0.2, 0) is 4.74 Å². The number of hydrogen-bond acceptors (Lipinski definition) is 4. The van der Waals surface area contributed by atoms with Crippen molar-refractivity contribution in [3.63, 3.8) is 0 Å². The monoisotopic (exact) mass is 426 g/mol. The average molecular weight is 426 g/mol. The fourth-order valence-electron chi connectivity index (χ4n) is 4.22. The van der Waals surface area contributed by atoms with Gasteiger partial charge in [0, 0.05) is 22.5 Å². The minimum atomic E-state index is -4.79. The number of nitrogens with one attached hydrogen (secondary N) is 1. The largest absolute Gasteiger partial charge is 0.491 e. The Morgan fingerprint density at radius 1 is 1.20 bits per heavy atom. The topological polar surface area (TPSA) is 59.8 Å². The summed E-state index contributed by atoms with van der Waals surface area (Å²) in [7, 11) is 1.05. The van der Waals surface area contributed by atoms with Gasteiger partial charge in [-0.3, -0.25) is 0 Å². The Balaban J connectivity index is 1.91. The van der Waals surface area contributed by atoms with Gasteiger partial charge < -0.3 is 20.5 Å². The number of fused-ring (bicyclic) bond motifs is 1. The molecular formula is C21H19F5N2O2. The van der Waals surface area contributed by atoms with Crippen molar-refractivity contribution in [2.75, 3.05) is 24.8 Å². The number of nitrogens with two attached hydrogens (primary N) is 1. The number of nitrogen functional groups attached to an aromatic ring is 1. The highest BCUT2D eigenvalue weighted by Gasteiger charge is 2.73. The van der Waals surface area contributed by atoms with Crippen LogP contribution in [0.3, 0.4) is 0 Å². The molecule has 0 aliphatic carbocycles. The summed E-state index contributed by atoms with van der Waals surface area (Å²) < 4.78 is 81.1. The fourth-order valence-corrected chi connectivity index (χ4v) is 4.22. The molecule has 0 radical (unpaired) electrons. The predicted molar refractivity (Wildman–Crippen MR) is 102 cm³/mol. The van der Waals surface area contributed by atoms with Gasteiger partial charge in [0.25, 0.3) is 0 Å². The Bertz CT molecular complexity index is 1030. The van der Waals surface area contributed by atoms with Crippen molar-refractivity contribution in [1.29, 1.82) is 0 Å². The lowest BCUT2D eigenvalue weighted by atomic mass is 9.70. The van der Waals surface area contributed by atoms with E-state index in [0.29, 0.717) is 16.9 Å². The lowest BCUT2D eigenvalue weighted by Gasteiger charge is -2.43. The van der Waals surface area contributed by atoms with Gasteiger partial charge in [-0.15, -0.1) is 0 Å². The molecule has 4 nitrogen and oxygen atoms in total. The standard InChI is InChI=1S/C21H19F5N2O2/c1-19(9-8-11-14(27)4-3-5-15(11)28-19)18(20(10-30-20)21(24,25)26)12-6-7-13(22)17(29-2)16(12)23/h3-9,18,28H,10,27H2,1-2H3. The molecule has 0 bridgehead atoms. The number of methoxy groups -OCH3 is 1. The fraction of sp³-hybridized carbons (Fsp3) is 0.333. The Morgan fingerprint density at radius 3 is 2.50 bits per heavy atom. The molecular weight excluding hydrogens is 407 g/mol. The summed E-state index contributed by atoms with van der Waals surface area (Å²) in [6.07, 6.45) is -1.69. The van der Waals surface area contributed by atoms with Gasteiger partial charge >= 0.3 is 6.18 Å². The molecule has 0 spiro atoms. The van der Waals surface area contributed by atoms with Crippen LogP contribution in [0.5, 0.6) is 5.75 Å². The van der Waals surface area contributed by atoms with Crippen LogP contribution in [0.15, 0.2) is 36.4 Å². The maximum Gasteiger partial charge on any atom is 0.420 e. The second-order valence-electron chi connectivity index (χ2n) is 7.64. The van der Waals surface area contributed by atoms with Crippen LogP contribution in [0.25, 0.3) is 6.08 Å². The van der Waals surface area contributed by atoms with Crippen LogP contribution in [0, 0.1) is 11.6 Å². The van der Waals surface area contributed by atoms with Crippen LogP contribution < -0.4 is 15.8 Å². The number of benzene rings is 2. The zero-order chi connectivity index (χ0) is 21.9. The highest BCUT2D eigenvalue weighted by molar-refractivity contribution is 5.81. The lowest BCUT2D eigenvalue weighted by Crippen LogP contribution is -2.53. The summed E-state index contributed by atoms with van der Waals surface area (Å²) in [5.41, 5.74) is 3.07. The Hall–Kier alpha value is -2.81. The van der Waals surface area contributed by atoms with E-state index in [0.717, 1.165) is 19.2 Å². The number of epoxide rings is 1. The number of anilines is 2. The van der Waals surface area contributed by atoms with Crippen LogP contribution in [0.2, 0.25) is 0 Å². The third-order valence-electron chi connectivity index (χ3n) is 5.74. The molecule has 4 rings (SSSR count). The minimum absolute atomic E-state index is 0.366. The van der Waals surface area contributed by atoms with E-state index in [4.69, 9.17) is 15.2 Å². The van der Waals surface area contributed by atoms with Crippen molar-refractivity contribution < 1.29 is 31.4 Å². The normalized spacial score (nSPS) is 26.0. The van der Waals surface area contributed by atoms with Crippen molar-refractivity contribution in [2.24, 2.45) is 0 Å². The summed E-state index contributed by atoms with van der Waals surface area (Å²) >= 11 is 0. The number of rotatable bonds is 4. The lowest BCUT2D eigenvalue weighted by molar-refractivity contribution is -0.193. The van der Waals surface area contributed by atoms with Gasteiger partial charge in [0.05, 0.1) is 25.2 Å². The molecule has 1 saturated heterocycles. The SMILES string of the molecule is COc1c(F)ccc(C(C2(C)C=Cc3c(N)cccc3N2)C2(C(F)(F)F)CO2)c1F. The molecule has 0 amide bonds. The molecule has 3 atom stereocenters. The molecule has 2 aliphatic heterocycles. The van der Waals surface area contributed by atoms with Crippen molar-refractivity contribution in [3.05, 3.63) is 59.2 Å². The first kappa shape index (κ1) is 20.5. The molecule has 30 heavy (non-hydrogen) atoms. The van der Waals surface area contributed by atoms with Crippen LogP contribution in [0.1, 0.15) is 24.0 Å². The van der Waals surface area contributed by atoms with Crippen molar-refractivity contribution >= 4 is 17.5 Å². The van der Waals surface area contributed by atoms with E-state index in [9.17, 15) is 17.6 Å². The van der Waals surface area contributed by atoms with Crippen LogP contribution >= 0.6 is 0 Å². The van der Waals surface area contributed by atoms with Gasteiger partial charge in [-0.1, -0.05) is 24.3 Å². The number of ether oxygens (including phenoxy) is 2. The average Bonchev–Trinajstić information content (AvgIpc) is 3.46. The predicted octanol–water partition coefficient (Wildman–Crippen LogP) is 4.87. The maximum absolute atomic E-state index is 15.2. The molecule has 0 aromatic heterocycles. The second kappa shape index (κ2) is 6.60. The minimum Gasteiger partial charge on any atom is -0.491 e.